The number of nitrogens with zero attached hydrogens (tertiary/aromatic N) is 3. The van der Waals surface area contributed by atoms with E-state index in [9.17, 15) is 32.3 Å². The van der Waals surface area contributed by atoms with E-state index in [4.69, 9.17) is 0 Å². The minimum Gasteiger partial charge on any atom is -0.391 e. The van der Waals surface area contributed by atoms with E-state index in [1.54, 1.807) is 24.3 Å². The summed E-state index contributed by atoms with van der Waals surface area (Å²) < 4.78 is 54.9. The van der Waals surface area contributed by atoms with Crippen LogP contribution in [0, 0.1) is 5.82 Å². The van der Waals surface area contributed by atoms with Crippen LogP contribution in [-0.4, -0.2) is 56.2 Å². The number of aliphatic hydroxyl groups is 1. The summed E-state index contributed by atoms with van der Waals surface area (Å²) in [5.41, 5.74) is -0.0236. The second-order valence-electron chi connectivity index (χ2n) is 8.60. The third-order valence-corrected chi connectivity index (χ3v) is 7.11. The van der Waals surface area contributed by atoms with Crippen LogP contribution in [0.1, 0.15) is 23.1 Å². The zero-order valence-electron chi connectivity index (χ0n) is 18.6. The van der Waals surface area contributed by atoms with Gasteiger partial charge in [0, 0.05) is 11.9 Å². The van der Waals surface area contributed by atoms with Crippen LogP contribution in [0.25, 0.3) is 17.0 Å². The third kappa shape index (κ3) is 4.63. The van der Waals surface area contributed by atoms with Crippen molar-refractivity contribution in [3.8, 4) is 0 Å². The van der Waals surface area contributed by atoms with E-state index in [1.165, 1.54) is 10.9 Å². The van der Waals surface area contributed by atoms with Crippen LogP contribution >= 0.6 is 11.8 Å². The number of carbonyl (C=O) groups is 2. The van der Waals surface area contributed by atoms with Crippen LogP contribution in [0.5, 0.6) is 0 Å². The molecule has 0 saturated carbocycles. The van der Waals surface area contributed by atoms with Crippen molar-refractivity contribution >= 4 is 39.9 Å². The maximum atomic E-state index is 13.4. The number of amides is 2. The number of hydrogen-bond acceptors (Lipinski definition) is 6. The highest BCUT2D eigenvalue weighted by atomic mass is 32.2. The molecule has 7 nitrogen and oxygen atoms in total. The van der Waals surface area contributed by atoms with Gasteiger partial charge < -0.3 is 10.4 Å². The van der Waals surface area contributed by atoms with Gasteiger partial charge in [0.25, 0.3) is 11.1 Å². The average molecular weight is 521 g/mol. The molecule has 36 heavy (non-hydrogen) atoms. The number of fused-ring (bicyclic) bond motifs is 1. The predicted molar refractivity (Wildman–Crippen MR) is 125 cm³/mol. The van der Waals surface area contributed by atoms with E-state index in [1.807, 2.05) is 0 Å². The van der Waals surface area contributed by atoms with E-state index < -0.39 is 40.8 Å². The maximum absolute atomic E-state index is 13.4. The molecule has 3 heterocycles. The van der Waals surface area contributed by atoms with Crippen molar-refractivity contribution in [2.75, 3.05) is 13.1 Å². The van der Waals surface area contributed by atoms with Gasteiger partial charge in [-0.1, -0.05) is 12.1 Å². The molecule has 3 aromatic rings. The van der Waals surface area contributed by atoms with Crippen LogP contribution < -0.4 is 5.32 Å². The number of nitrogens with one attached hydrogen (secondary N) is 1. The van der Waals surface area contributed by atoms with E-state index in [0.29, 0.717) is 42.0 Å². The predicted octanol–water partition coefficient (Wildman–Crippen LogP) is 4.00. The van der Waals surface area contributed by atoms with E-state index >= 15 is 0 Å². The van der Waals surface area contributed by atoms with Gasteiger partial charge in [0.15, 0.2) is 0 Å². The fraction of sp³-hybridized carbons (Fsp3) is 0.292. The van der Waals surface area contributed by atoms with Gasteiger partial charge in [-0.25, -0.2) is 4.39 Å². The molecule has 2 atom stereocenters. The molecule has 0 unspecified atom stereocenters. The van der Waals surface area contributed by atoms with Crippen molar-refractivity contribution in [1.82, 2.24) is 20.0 Å². The maximum Gasteiger partial charge on any atom is 0.416 e. The van der Waals surface area contributed by atoms with Crippen molar-refractivity contribution in [2.24, 2.45) is 0 Å². The Labute approximate surface area is 206 Å². The summed E-state index contributed by atoms with van der Waals surface area (Å²) in [6.07, 6.45) is -2.01. The lowest BCUT2D eigenvalue weighted by molar-refractivity contribution is -0.138. The summed E-state index contributed by atoms with van der Waals surface area (Å²) >= 11 is 0.791. The van der Waals surface area contributed by atoms with Gasteiger partial charge in [-0.05, 0) is 66.2 Å². The van der Waals surface area contributed by atoms with Crippen LogP contribution in [0.3, 0.4) is 0 Å². The molecule has 2 N–H and O–H groups in total. The quantitative estimate of drug-likeness (QED) is 0.400. The average Bonchev–Trinajstić information content (AvgIpc) is 3.34. The molecule has 1 aromatic heterocycles. The molecular formula is C24H20F4N4O3S. The number of benzene rings is 2. The molecule has 2 fully saturated rings. The lowest BCUT2D eigenvalue weighted by atomic mass is 10.0. The van der Waals surface area contributed by atoms with Crippen LogP contribution in [0.4, 0.5) is 22.4 Å². The molecule has 0 spiro atoms. The number of halogens is 4. The second-order valence-corrected chi connectivity index (χ2v) is 9.59. The molecule has 0 bridgehead atoms. The number of hydrogen-bond donors (Lipinski definition) is 2. The zero-order chi connectivity index (χ0) is 25.6. The smallest absolute Gasteiger partial charge is 0.391 e. The fourth-order valence-corrected chi connectivity index (χ4v) is 5.33. The van der Waals surface area contributed by atoms with Gasteiger partial charge >= 0.3 is 6.18 Å². The normalized spacial score (nSPS) is 22.2. The van der Waals surface area contributed by atoms with Gasteiger partial charge in [-0.3, -0.25) is 19.2 Å². The topological polar surface area (TPSA) is 87.5 Å². The van der Waals surface area contributed by atoms with Crippen LogP contribution in [-0.2, 0) is 17.5 Å². The summed E-state index contributed by atoms with van der Waals surface area (Å²) in [6.45, 7) is 0.715. The van der Waals surface area contributed by atoms with E-state index in [-0.39, 0.29) is 17.0 Å². The SMILES string of the molecule is O=C1S/C(=C\c2ccc3c(cnn3Cc3ccc(F)cc3C(F)(F)F)c2)C(=O)N1[C@H]1CNCC[C@@H]1O. The summed E-state index contributed by atoms with van der Waals surface area (Å²) in [6, 6.07) is 6.93. The molecule has 2 aromatic carbocycles. The number of carbonyl (C=O) groups excluding carboxylic acids is 2. The summed E-state index contributed by atoms with van der Waals surface area (Å²) in [5.74, 6) is -1.45. The number of rotatable bonds is 4. The van der Waals surface area contributed by atoms with Gasteiger partial charge in [-0.15, -0.1) is 0 Å². The molecule has 2 amide bonds. The molecule has 2 saturated heterocycles. The summed E-state index contributed by atoms with van der Waals surface area (Å²) in [7, 11) is 0. The van der Waals surface area contributed by atoms with Gasteiger partial charge in [0.2, 0.25) is 0 Å². The van der Waals surface area contributed by atoms with E-state index in [2.05, 4.69) is 10.4 Å². The first-order chi connectivity index (χ1) is 17.1. The zero-order valence-corrected chi connectivity index (χ0v) is 19.4. The molecule has 0 aliphatic carbocycles. The number of alkyl halides is 3. The Kier molecular flexibility index (Phi) is 6.35. The molecule has 12 heteroatoms. The molecule has 188 valence electrons. The third-order valence-electron chi connectivity index (χ3n) is 6.23. The molecule has 5 rings (SSSR count). The van der Waals surface area contributed by atoms with Gasteiger partial charge in [-0.2, -0.15) is 18.3 Å². The Balaban J connectivity index is 1.40. The lowest BCUT2D eigenvalue weighted by Gasteiger charge is -2.33. The van der Waals surface area contributed by atoms with Crippen LogP contribution in [0.2, 0.25) is 0 Å². The van der Waals surface area contributed by atoms with Crippen molar-refractivity contribution in [1.29, 1.82) is 0 Å². The monoisotopic (exact) mass is 520 g/mol. The second kappa shape index (κ2) is 9.34. The minimum atomic E-state index is -4.71. The molecule has 0 radical (unpaired) electrons. The Morgan fingerprint density at radius 3 is 2.75 bits per heavy atom. The molecule has 2 aliphatic rings. The standard InChI is InChI=1S/C24H20F4N4O3S/c25-16-3-2-14(17(9-16)24(26,27)28)12-31-18-4-1-13(7-15(18)10-30-31)8-21-22(34)32(23(35)36-21)19-11-29-6-5-20(19)33/h1-4,7-10,19-20,29,33H,5-6,11-12H2/b21-8-/t19-,20-/m0/s1. The number of piperidine rings is 1. The van der Waals surface area contributed by atoms with Gasteiger partial charge in [0.05, 0.1) is 40.9 Å². The summed E-state index contributed by atoms with van der Waals surface area (Å²) in [5, 5.41) is 17.7. The van der Waals surface area contributed by atoms with Crippen molar-refractivity contribution < 1.29 is 32.3 Å². The van der Waals surface area contributed by atoms with Crippen LogP contribution in [0.15, 0.2) is 47.5 Å². The first-order valence-electron chi connectivity index (χ1n) is 11.1. The number of aromatic nitrogens is 2. The summed E-state index contributed by atoms with van der Waals surface area (Å²) in [4.78, 5) is 26.7. The minimum absolute atomic E-state index is 0.119. The van der Waals surface area contributed by atoms with Crippen molar-refractivity contribution in [2.45, 2.75) is 31.3 Å². The molecular weight excluding hydrogens is 500 g/mol. The number of aliphatic hydroxyl groups excluding tert-OH is 1. The Hall–Kier alpha value is -3.22. The highest BCUT2D eigenvalue weighted by Crippen LogP contribution is 2.36. The Morgan fingerprint density at radius 2 is 2.00 bits per heavy atom. The highest BCUT2D eigenvalue weighted by molar-refractivity contribution is 8.18. The van der Waals surface area contributed by atoms with Crippen molar-refractivity contribution in [3.05, 3.63) is 70.0 Å². The largest absolute Gasteiger partial charge is 0.416 e. The molecule has 2 aliphatic heterocycles. The number of imide groups is 1. The van der Waals surface area contributed by atoms with Crippen molar-refractivity contribution in [3.63, 3.8) is 0 Å². The first-order valence-corrected chi connectivity index (χ1v) is 11.9. The lowest BCUT2D eigenvalue weighted by Crippen LogP contribution is -2.55. The van der Waals surface area contributed by atoms with E-state index in [0.717, 1.165) is 28.8 Å². The number of thioether (sulfide) groups is 1. The van der Waals surface area contributed by atoms with Gasteiger partial charge in [0.1, 0.15) is 5.82 Å². The first kappa shape index (κ1) is 24.5. The Morgan fingerprint density at radius 1 is 1.19 bits per heavy atom. The Bertz CT molecular complexity index is 1390. The fourth-order valence-electron chi connectivity index (χ4n) is 4.44. The highest BCUT2D eigenvalue weighted by Gasteiger charge is 2.43.